The summed E-state index contributed by atoms with van der Waals surface area (Å²) in [5.41, 5.74) is 5.67. The maximum atomic E-state index is 13.2. The van der Waals surface area contributed by atoms with Crippen molar-refractivity contribution >= 4 is 21.6 Å². The molecule has 0 saturated heterocycles. The lowest BCUT2D eigenvalue weighted by molar-refractivity contribution is 0.748. The lowest BCUT2D eigenvalue weighted by atomic mass is 10.0. The van der Waals surface area contributed by atoms with Crippen molar-refractivity contribution in [1.82, 2.24) is 9.55 Å². The van der Waals surface area contributed by atoms with E-state index in [1.807, 2.05) is 5.38 Å². The second kappa shape index (κ2) is 7.12. The summed E-state index contributed by atoms with van der Waals surface area (Å²) in [6.07, 6.45) is 1.66. The Labute approximate surface area is 163 Å². The van der Waals surface area contributed by atoms with Gasteiger partial charge in [0.25, 0.3) is 5.56 Å². The third-order valence-corrected chi connectivity index (χ3v) is 5.81. The topological polar surface area (TPSA) is 34.9 Å². The first-order valence-electron chi connectivity index (χ1n) is 9.15. The molecule has 0 atom stereocenters. The van der Waals surface area contributed by atoms with Crippen LogP contribution in [0.25, 0.3) is 21.3 Å². The molecule has 2 aromatic heterocycles. The van der Waals surface area contributed by atoms with Crippen LogP contribution in [0.3, 0.4) is 0 Å². The van der Waals surface area contributed by atoms with E-state index in [9.17, 15) is 4.79 Å². The Morgan fingerprint density at radius 2 is 1.74 bits per heavy atom. The molecule has 4 aromatic rings. The van der Waals surface area contributed by atoms with Gasteiger partial charge in [-0.05, 0) is 29.5 Å². The molecule has 0 radical (unpaired) electrons. The molecule has 0 unspecified atom stereocenters. The predicted molar refractivity (Wildman–Crippen MR) is 114 cm³/mol. The quantitative estimate of drug-likeness (QED) is 0.466. The van der Waals surface area contributed by atoms with E-state index < -0.39 is 0 Å². The van der Waals surface area contributed by atoms with Gasteiger partial charge in [0.05, 0.1) is 18.3 Å². The van der Waals surface area contributed by atoms with E-state index in [0.717, 1.165) is 21.5 Å². The van der Waals surface area contributed by atoms with Crippen molar-refractivity contribution in [2.45, 2.75) is 33.2 Å². The minimum Gasteiger partial charge on any atom is -0.294 e. The Bertz CT molecular complexity index is 1140. The van der Waals surface area contributed by atoms with Crippen LogP contribution in [-0.4, -0.2) is 9.55 Å². The molecule has 0 fully saturated rings. The van der Waals surface area contributed by atoms with E-state index in [2.05, 4.69) is 74.3 Å². The number of benzene rings is 2. The minimum atomic E-state index is 0.0183. The summed E-state index contributed by atoms with van der Waals surface area (Å²) in [6, 6.07) is 16.8. The van der Waals surface area contributed by atoms with Crippen molar-refractivity contribution in [3.05, 3.63) is 87.3 Å². The summed E-state index contributed by atoms with van der Waals surface area (Å²) >= 11 is 1.52. The van der Waals surface area contributed by atoms with Crippen LogP contribution in [0.5, 0.6) is 0 Å². The van der Waals surface area contributed by atoms with Crippen LogP contribution in [0.15, 0.2) is 65.0 Å². The first kappa shape index (κ1) is 17.7. The van der Waals surface area contributed by atoms with Crippen LogP contribution in [0, 0.1) is 6.92 Å². The molecule has 4 rings (SSSR count). The van der Waals surface area contributed by atoms with Gasteiger partial charge in [-0.1, -0.05) is 67.9 Å². The number of rotatable bonds is 4. The molecule has 2 aromatic carbocycles. The van der Waals surface area contributed by atoms with E-state index in [1.165, 1.54) is 22.5 Å². The molecule has 136 valence electrons. The van der Waals surface area contributed by atoms with Gasteiger partial charge in [-0.2, -0.15) is 0 Å². The van der Waals surface area contributed by atoms with Gasteiger partial charge >= 0.3 is 0 Å². The molecule has 0 aliphatic rings. The Balaban J connectivity index is 1.74. The fourth-order valence-corrected chi connectivity index (χ4v) is 4.14. The highest BCUT2D eigenvalue weighted by Gasteiger charge is 2.13. The summed E-state index contributed by atoms with van der Waals surface area (Å²) in [6.45, 7) is 6.96. The second-order valence-corrected chi connectivity index (χ2v) is 8.13. The highest BCUT2D eigenvalue weighted by molar-refractivity contribution is 7.17. The van der Waals surface area contributed by atoms with Crippen LogP contribution in [-0.2, 0) is 6.54 Å². The number of aromatic nitrogens is 2. The summed E-state index contributed by atoms with van der Waals surface area (Å²) in [5, 5.41) is 2.75. The summed E-state index contributed by atoms with van der Waals surface area (Å²) in [5.74, 6) is 0.502. The molecule has 4 heteroatoms. The Morgan fingerprint density at radius 3 is 2.41 bits per heavy atom. The van der Waals surface area contributed by atoms with Crippen molar-refractivity contribution in [3.63, 3.8) is 0 Å². The molecule has 0 N–H and O–H groups in total. The van der Waals surface area contributed by atoms with Crippen molar-refractivity contribution in [3.8, 4) is 11.1 Å². The van der Waals surface area contributed by atoms with E-state index in [4.69, 9.17) is 0 Å². The zero-order valence-corrected chi connectivity index (χ0v) is 16.6. The molecule has 0 bridgehead atoms. The number of hydrogen-bond acceptors (Lipinski definition) is 3. The minimum absolute atomic E-state index is 0.0183. The van der Waals surface area contributed by atoms with Crippen molar-refractivity contribution < 1.29 is 0 Å². The van der Waals surface area contributed by atoms with Gasteiger partial charge in [0.15, 0.2) is 0 Å². The number of thiophene rings is 1. The first-order valence-corrected chi connectivity index (χ1v) is 10.0. The summed E-state index contributed by atoms with van der Waals surface area (Å²) in [4.78, 5) is 18.5. The molecular formula is C23H22N2OS. The van der Waals surface area contributed by atoms with Crippen LogP contribution < -0.4 is 5.56 Å². The lowest BCUT2D eigenvalue weighted by Gasteiger charge is -2.09. The normalized spacial score (nSPS) is 11.4. The zero-order chi connectivity index (χ0) is 19.0. The van der Waals surface area contributed by atoms with Crippen LogP contribution >= 0.6 is 11.3 Å². The standard InChI is InChI=1S/C23H22N2OS/c1-15(2)18-10-6-17(7-11-18)12-25-14-24-22-21(23(25)26)20(13-27-22)19-8-4-16(3)5-9-19/h4-11,13-15H,12H2,1-3H3. The largest absolute Gasteiger partial charge is 0.294 e. The summed E-state index contributed by atoms with van der Waals surface area (Å²) < 4.78 is 1.71. The van der Waals surface area contributed by atoms with Gasteiger partial charge in [-0.25, -0.2) is 4.98 Å². The SMILES string of the molecule is Cc1ccc(-c2csc3ncn(Cc4ccc(C(C)C)cc4)c(=O)c23)cc1. The number of nitrogens with zero attached hydrogens (tertiary/aromatic N) is 2. The van der Waals surface area contributed by atoms with Gasteiger partial charge in [0.1, 0.15) is 4.83 Å². The van der Waals surface area contributed by atoms with Crippen molar-refractivity contribution in [1.29, 1.82) is 0 Å². The van der Waals surface area contributed by atoms with Gasteiger partial charge in [-0.15, -0.1) is 11.3 Å². The van der Waals surface area contributed by atoms with E-state index in [0.29, 0.717) is 17.8 Å². The molecule has 0 saturated carbocycles. The van der Waals surface area contributed by atoms with Gasteiger partial charge in [0, 0.05) is 10.9 Å². The summed E-state index contributed by atoms with van der Waals surface area (Å²) in [7, 11) is 0. The maximum absolute atomic E-state index is 13.2. The second-order valence-electron chi connectivity index (χ2n) is 7.27. The first-order chi connectivity index (χ1) is 13.0. The van der Waals surface area contributed by atoms with E-state index in [1.54, 1.807) is 10.9 Å². The Morgan fingerprint density at radius 1 is 1.04 bits per heavy atom. The fourth-order valence-electron chi connectivity index (χ4n) is 3.23. The molecule has 0 aliphatic heterocycles. The van der Waals surface area contributed by atoms with Crippen LogP contribution in [0.4, 0.5) is 0 Å². The fraction of sp³-hybridized carbons (Fsp3) is 0.217. The lowest BCUT2D eigenvalue weighted by Crippen LogP contribution is -2.21. The molecule has 0 aliphatic carbocycles. The zero-order valence-electron chi connectivity index (χ0n) is 15.8. The monoisotopic (exact) mass is 374 g/mol. The van der Waals surface area contributed by atoms with E-state index >= 15 is 0 Å². The number of hydrogen-bond donors (Lipinski definition) is 0. The van der Waals surface area contributed by atoms with Crippen molar-refractivity contribution in [2.75, 3.05) is 0 Å². The highest BCUT2D eigenvalue weighted by atomic mass is 32.1. The molecule has 2 heterocycles. The van der Waals surface area contributed by atoms with Crippen molar-refractivity contribution in [2.24, 2.45) is 0 Å². The predicted octanol–water partition coefficient (Wildman–Crippen LogP) is 5.61. The van der Waals surface area contributed by atoms with E-state index in [-0.39, 0.29) is 5.56 Å². The number of aryl methyl sites for hydroxylation is 1. The average Bonchev–Trinajstić information content (AvgIpc) is 3.10. The maximum Gasteiger partial charge on any atom is 0.263 e. The Kier molecular flexibility index (Phi) is 4.66. The molecular weight excluding hydrogens is 352 g/mol. The molecule has 27 heavy (non-hydrogen) atoms. The van der Waals surface area contributed by atoms with Crippen LogP contribution in [0.1, 0.15) is 36.5 Å². The third-order valence-electron chi connectivity index (χ3n) is 4.92. The van der Waals surface area contributed by atoms with Gasteiger partial charge < -0.3 is 0 Å². The number of fused-ring (bicyclic) bond motifs is 1. The third kappa shape index (κ3) is 3.45. The van der Waals surface area contributed by atoms with Crippen LogP contribution in [0.2, 0.25) is 0 Å². The Hall–Kier alpha value is -2.72. The molecule has 0 spiro atoms. The smallest absolute Gasteiger partial charge is 0.263 e. The molecule has 3 nitrogen and oxygen atoms in total. The van der Waals surface area contributed by atoms with Gasteiger partial charge in [0.2, 0.25) is 0 Å². The molecule has 0 amide bonds. The van der Waals surface area contributed by atoms with Gasteiger partial charge in [-0.3, -0.25) is 9.36 Å². The highest BCUT2D eigenvalue weighted by Crippen LogP contribution is 2.30. The average molecular weight is 375 g/mol.